The van der Waals surface area contributed by atoms with Crippen LogP contribution in [0.5, 0.6) is 5.75 Å². The van der Waals surface area contributed by atoms with Gasteiger partial charge >= 0.3 is 5.51 Å². The molecule has 0 aliphatic carbocycles. The van der Waals surface area contributed by atoms with Gasteiger partial charge in [-0.2, -0.15) is 13.2 Å². The summed E-state index contributed by atoms with van der Waals surface area (Å²) in [7, 11) is -7.09. The molecule has 0 aliphatic rings. The number of rotatable bonds is 5. The Balaban J connectivity index is 2.14. The molecule has 8 nitrogen and oxygen atoms in total. The Morgan fingerprint density at radius 2 is 1.77 bits per heavy atom. The molecule has 13 heteroatoms. The zero-order valence-electron chi connectivity index (χ0n) is 19.2. The molecule has 0 aliphatic heterocycles. The van der Waals surface area contributed by atoms with E-state index in [0.29, 0.717) is 11.3 Å². The molecule has 3 aromatic rings. The molecule has 0 radical (unpaired) electrons. The van der Waals surface area contributed by atoms with Gasteiger partial charge in [-0.25, -0.2) is 12.6 Å². The fourth-order valence-electron chi connectivity index (χ4n) is 3.67. The second-order valence-electron chi connectivity index (χ2n) is 7.89. The maximum absolute atomic E-state index is 13.2. The molecule has 0 fully saturated rings. The molecular weight excluding hydrogens is 509 g/mol. The van der Waals surface area contributed by atoms with Crippen LogP contribution in [0.4, 0.5) is 18.9 Å². The molecule has 0 saturated carbocycles. The number of amides is 1. The van der Waals surface area contributed by atoms with Crippen molar-refractivity contribution in [3.63, 3.8) is 0 Å². The van der Waals surface area contributed by atoms with Gasteiger partial charge in [0.1, 0.15) is 11.5 Å². The molecule has 188 valence electrons. The van der Waals surface area contributed by atoms with Gasteiger partial charge in [-0.3, -0.25) is 4.79 Å². The number of aromatic hydroxyl groups is 1. The maximum Gasteiger partial charge on any atom is 0.475 e. The second kappa shape index (κ2) is 9.11. The minimum Gasteiger partial charge on any atom is -0.506 e. The van der Waals surface area contributed by atoms with Crippen LogP contribution in [-0.4, -0.2) is 40.6 Å². The van der Waals surface area contributed by atoms with E-state index in [0.717, 1.165) is 24.5 Å². The Morgan fingerprint density at radius 1 is 1.14 bits per heavy atom. The lowest BCUT2D eigenvalue weighted by atomic mass is 9.96. The number of hydrogen-bond donors (Lipinski definition) is 2. The molecule has 2 aromatic carbocycles. The van der Waals surface area contributed by atoms with Gasteiger partial charge in [-0.1, -0.05) is 5.16 Å². The number of nitrogens with one attached hydrogen (secondary N) is 1. The van der Waals surface area contributed by atoms with E-state index in [2.05, 4.69) is 10.5 Å². The average molecular weight is 531 g/mol. The van der Waals surface area contributed by atoms with Crippen molar-refractivity contribution in [2.75, 3.05) is 11.6 Å². The molecule has 2 N–H and O–H groups in total. The van der Waals surface area contributed by atoms with Crippen LogP contribution >= 0.6 is 0 Å². The number of hydrogen-bond acceptors (Lipinski definition) is 7. The maximum atomic E-state index is 13.2. The third-order valence-electron chi connectivity index (χ3n) is 5.31. The predicted octanol–water partition coefficient (Wildman–Crippen LogP) is 4.56. The van der Waals surface area contributed by atoms with Crippen LogP contribution in [0.1, 0.15) is 32.9 Å². The van der Waals surface area contributed by atoms with Crippen molar-refractivity contribution in [1.29, 1.82) is 0 Å². The highest BCUT2D eigenvalue weighted by Crippen LogP contribution is 2.41. The first kappa shape index (κ1) is 26.4. The Kier molecular flexibility index (Phi) is 6.88. The highest BCUT2D eigenvalue weighted by molar-refractivity contribution is 7.90. The number of anilines is 1. The molecule has 1 aromatic heterocycles. The Bertz CT molecular complexity index is 1460. The van der Waals surface area contributed by atoms with Crippen LogP contribution < -0.4 is 5.32 Å². The number of carbonyl (C=O) groups excluding carboxylic acids is 1. The van der Waals surface area contributed by atoms with E-state index >= 15 is 0 Å². The first-order valence-electron chi connectivity index (χ1n) is 9.94. The van der Waals surface area contributed by atoms with E-state index < -0.39 is 42.7 Å². The quantitative estimate of drug-likeness (QED) is 0.495. The largest absolute Gasteiger partial charge is 0.506 e. The Labute approximate surface area is 201 Å². The van der Waals surface area contributed by atoms with Gasteiger partial charge in [0.2, 0.25) is 0 Å². The van der Waals surface area contributed by atoms with Crippen molar-refractivity contribution >= 4 is 32.2 Å². The van der Waals surface area contributed by atoms with Crippen LogP contribution in [0, 0.1) is 27.7 Å². The Morgan fingerprint density at radius 3 is 2.26 bits per heavy atom. The summed E-state index contributed by atoms with van der Waals surface area (Å²) in [4.78, 5) is 12.5. The van der Waals surface area contributed by atoms with E-state index in [1.54, 1.807) is 13.8 Å². The van der Waals surface area contributed by atoms with Crippen molar-refractivity contribution in [2.45, 2.75) is 43.0 Å². The van der Waals surface area contributed by atoms with Crippen molar-refractivity contribution in [1.82, 2.24) is 5.16 Å². The number of sulfone groups is 1. The molecule has 0 spiro atoms. The van der Waals surface area contributed by atoms with Gasteiger partial charge in [-0.05, 0) is 63.1 Å². The van der Waals surface area contributed by atoms with Crippen LogP contribution in [0.2, 0.25) is 0 Å². The zero-order valence-corrected chi connectivity index (χ0v) is 20.8. The van der Waals surface area contributed by atoms with Gasteiger partial charge in [-0.15, -0.1) is 0 Å². The topological polar surface area (TPSA) is 127 Å². The lowest BCUT2D eigenvalue weighted by molar-refractivity contribution is -0.0384. The number of carbonyl (C=O) groups is 1. The zero-order chi connectivity index (χ0) is 26.5. The van der Waals surface area contributed by atoms with E-state index in [1.807, 2.05) is 0 Å². The number of benzene rings is 2. The minimum atomic E-state index is -4.94. The van der Waals surface area contributed by atoms with Crippen LogP contribution in [-0.2, 0) is 20.6 Å². The fourth-order valence-corrected chi connectivity index (χ4v) is 5.41. The first-order valence-corrected chi connectivity index (χ1v) is 13.0. The Hall–Kier alpha value is -3.19. The number of halogens is 3. The van der Waals surface area contributed by atoms with E-state index in [9.17, 15) is 35.7 Å². The van der Waals surface area contributed by atoms with Crippen molar-refractivity contribution in [3.05, 3.63) is 52.4 Å². The summed E-state index contributed by atoms with van der Waals surface area (Å²) in [6.45, 7) is 5.90. The highest BCUT2D eigenvalue weighted by Gasteiger charge is 2.38. The van der Waals surface area contributed by atoms with Crippen molar-refractivity contribution < 1.29 is 40.2 Å². The molecule has 1 unspecified atom stereocenters. The number of phenolic OH excluding ortho intramolecular Hbond substituents is 1. The summed E-state index contributed by atoms with van der Waals surface area (Å²) in [5.41, 5.74) is -4.36. The van der Waals surface area contributed by atoms with E-state index in [4.69, 9.17) is 4.52 Å². The lowest BCUT2D eigenvalue weighted by Crippen LogP contribution is -2.18. The normalized spacial score (nSPS) is 13.0. The SMILES string of the molecule is Cc1cc(S(=O)C(F)(F)F)ccc1NC(=O)c1c(C)c(S(C)(=O)=O)cc(-c2c(C)noc2C)c1O. The van der Waals surface area contributed by atoms with Gasteiger partial charge in [0, 0.05) is 22.4 Å². The van der Waals surface area contributed by atoms with E-state index in [-0.39, 0.29) is 38.6 Å². The molecule has 0 bridgehead atoms. The molecule has 1 amide bonds. The van der Waals surface area contributed by atoms with Gasteiger partial charge in [0.25, 0.3) is 5.91 Å². The molecule has 35 heavy (non-hydrogen) atoms. The highest BCUT2D eigenvalue weighted by atomic mass is 32.2. The summed E-state index contributed by atoms with van der Waals surface area (Å²) < 4.78 is 79.9. The number of aryl methyl sites for hydroxylation is 3. The van der Waals surface area contributed by atoms with Crippen molar-refractivity contribution in [3.8, 4) is 16.9 Å². The molecule has 1 heterocycles. The molecular formula is C22H21F3N2O6S2. The average Bonchev–Trinajstić information content (AvgIpc) is 3.05. The standard InChI is InChI=1S/C22H21F3N2O6S2/c1-10-8-14(34(30)22(23,24)25)6-7-16(10)26-21(29)18-11(2)17(35(5,31)32)9-15(20(18)28)19-12(3)27-33-13(19)4/h6-9,28H,1-5H3,(H,26,29). The van der Waals surface area contributed by atoms with Gasteiger partial charge in [0.05, 0.1) is 21.7 Å². The smallest absolute Gasteiger partial charge is 0.475 e. The van der Waals surface area contributed by atoms with E-state index in [1.165, 1.54) is 19.9 Å². The predicted molar refractivity (Wildman–Crippen MR) is 123 cm³/mol. The summed E-state index contributed by atoms with van der Waals surface area (Å²) in [5.74, 6) is -1.13. The van der Waals surface area contributed by atoms with Crippen LogP contribution in [0.3, 0.4) is 0 Å². The molecule has 0 saturated heterocycles. The number of alkyl halides is 3. The minimum absolute atomic E-state index is 0.0186. The number of phenols is 1. The monoisotopic (exact) mass is 530 g/mol. The molecule has 1 atom stereocenters. The van der Waals surface area contributed by atoms with Crippen LogP contribution in [0.25, 0.3) is 11.1 Å². The van der Waals surface area contributed by atoms with Gasteiger partial charge < -0.3 is 14.9 Å². The van der Waals surface area contributed by atoms with Crippen molar-refractivity contribution in [2.24, 2.45) is 0 Å². The van der Waals surface area contributed by atoms with Gasteiger partial charge in [0.15, 0.2) is 20.6 Å². The van der Waals surface area contributed by atoms with Crippen LogP contribution in [0.15, 0.2) is 38.6 Å². The lowest BCUT2D eigenvalue weighted by Gasteiger charge is -2.17. The summed E-state index contributed by atoms with van der Waals surface area (Å²) in [6.07, 6.45) is 0.953. The summed E-state index contributed by atoms with van der Waals surface area (Å²) >= 11 is 0. The summed E-state index contributed by atoms with van der Waals surface area (Å²) in [5, 5.41) is 17.3. The second-order valence-corrected chi connectivity index (χ2v) is 11.3. The fraction of sp³-hybridized carbons (Fsp3) is 0.273. The third kappa shape index (κ3) is 5.10. The third-order valence-corrected chi connectivity index (χ3v) is 7.64. The summed E-state index contributed by atoms with van der Waals surface area (Å²) in [6, 6.07) is 4.36. The molecule has 3 rings (SSSR count). The first-order chi connectivity index (χ1) is 16.0. The number of nitrogens with zero attached hydrogens (tertiary/aromatic N) is 1. The number of aromatic nitrogens is 1.